The molecule has 0 aromatic carbocycles. The highest BCUT2D eigenvalue weighted by Crippen LogP contribution is 2.01. The van der Waals surface area contributed by atoms with Gasteiger partial charge in [0.25, 0.3) is 6.43 Å². The fraction of sp³-hybridized carbons (Fsp3) is 1.00. The lowest BCUT2D eigenvalue weighted by atomic mass is 10.2. The van der Waals surface area contributed by atoms with Gasteiger partial charge in [0.1, 0.15) is 0 Å². The number of halogens is 2. The monoisotopic (exact) mass is 194 g/mol. The summed E-state index contributed by atoms with van der Waals surface area (Å²) >= 11 is 0. The molecule has 0 saturated carbocycles. The summed E-state index contributed by atoms with van der Waals surface area (Å²) in [6, 6.07) is 0. The lowest BCUT2D eigenvalue weighted by Gasteiger charge is -2.20. The largest absolute Gasteiger partial charge is 0.329 e. The summed E-state index contributed by atoms with van der Waals surface area (Å²) in [5, 5.41) is 0. The van der Waals surface area contributed by atoms with E-state index in [-0.39, 0.29) is 6.54 Å². The third-order valence-electron chi connectivity index (χ3n) is 1.92. The van der Waals surface area contributed by atoms with Gasteiger partial charge in [0, 0.05) is 13.1 Å². The zero-order chi connectivity index (χ0) is 10.1. The van der Waals surface area contributed by atoms with Crippen LogP contribution >= 0.6 is 0 Å². The normalized spacial score (nSPS) is 11.5. The van der Waals surface area contributed by atoms with Crippen molar-refractivity contribution in [3.63, 3.8) is 0 Å². The van der Waals surface area contributed by atoms with E-state index in [0.29, 0.717) is 13.1 Å². The van der Waals surface area contributed by atoms with Crippen molar-refractivity contribution < 1.29 is 8.78 Å². The van der Waals surface area contributed by atoms with Crippen LogP contribution in [0.2, 0.25) is 0 Å². The van der Waals surface area contributed by atoms with Gasteiger partial charge in [0.2, 0.25) is 0 Å². The van der Waals surface area contributed by atoms with Gasteiger partial charge in [0.15, 0.2) is 0 Å². The molecule has 4 heteroatoms. The molecule has 0 aromatic rings. The van der Waals surface area contributed by atoms with Gasteiger partial charge in [-0.05, 0) is 13.0 Å². The van der Waals surface area contributed by atoms with E-state index in [9.17, 15) is 8.78 Å². The zero-order valence-electron chi connectivity index (χ0n) is 8.31. The molecule has 0 atom stereocenters. The number of rotatable bonds is 8. The van der Waals surface area contributed by atoms with Crippen molar-refractivity contribution in [2.45, 2.75) is 32.6 Å². The molecular formula is C9H20F2N2. The van der Waals surface area contributed by atoms with Crippen LogP contribution in [0.5, 0.6) is 0 Å². The van der Waals surface area contributed by atoms with E-state index in [1.165, 1.54) is 0 Å². The lowest BCUT2D eigenvalue weighted by Crippen LogP contribution is -2.34. The summed E-state index contributed by atoms with van der Waals surface area (Å²) in [7, 11) is 0. The first-order valence-corrected chi connectivity index (χ1v) is 4.91. The Bertz CT molecular complexity index is 110. The van der Waals surface area contributed by atoms with Crippen LogP contribution in [0.4, 0.5) is 8.78 Å². The Hall–Kier alpha value is -0.220. The maximum atomic E-state index is 12.0. The van der Waals surface area contributed by atoms with Crippen molar-refractivity contribution >= 4 is 0 Å². The number of hydrogen-bond donors (Lipinski definition) is 1. The Morgan fingerprint density at radius 2 is 1.92 bits per heavy atom. The molecule has 0 aromatic heterocycles. The predicted octanol–water partition coefficient (Wildman–Crippen LogP) is 1.70. The molecule has 2 N–H and O–H groups in total. The topological polar surface area (TPSA) is 29.3 Å². The van der Waals surface area contributed by atoms with E-state index in [1.807, 2.05) is 0 Å². The standard InChI is InChI=1S/C9H20F2N2/c1-2-3-4-6-13(7-5-12)8-9(10)11/h9H,2-8,12H2,1H3. The van der Waals surface area contributed by atoms with Gasteiger partial charge in [-0.25, -0.2) is 8.78 Å². The molecule has 0 rings (SSSR count). The Morgan fingerprint density at radius 1 is 1.23 bits per heavy atom. The van der Waals surface area contributed by atoms with E-state index in [0.717, 1.165) is 25.8 Å². The van der Waals surface area contributed by atoms with E-state index < -0.39 is 6.43 Å². The third kappa shape index (κ3) is 8.12. The Balaban J connectivity index is 3.53. The highest BCUT2D eigenvalue weighted by Gasteiger charge is 2.10. The van der Waals surface area contributed by atoms with Crippen molar-refractivity contribution in [1.82, 2.24) is 4.90 Å². The van der Waals surface area contributed by atoms with Crippen molar-refractivity contribution in [2.24, 2.45) is 5.73 Å². The first kappa shape index (κ1) is 12.8. The van der Waals surface area contributed by atoms with Crippen LogP contribution in [0.1, 0.15) is 26.2 Å². The molecule has 0 radical (unpaired) electrons. The summed E-state index contributed by atoms with van der Waals surface area (Å²) in [6.07, 6.45) is 0.965. The molecule has 0 aliphatic rings. The summed E-state index contributed by atoms with van der Waals surface area (Å²) in [4.78, 5) is 1.74. The molecule has 0 saturated heterocycles. The zero-order valence-corrected chi connectivity index (χ0v) is 8.31. The summed E-state index contributed by atoms with van der Waals surface area (Å²) in [5.41, 5.74) is 5.32. The van der Waals surface area contributed by atoms with Gasteiger partial charge in [-0.2, -0.15) is 0 Å². The Kier molecular flexibility index (Phi) is 8.24. The minimum atomic E-state index is -2.24. The molecule has 0 heterocycles. The highest BCUT2D eigenvalue weighted by atomic mass is 19.3. The molecule has 0 spiro atoms. The van der Waals surface area contributed by atoms with Gasteiger partial charge in [-0.1, -0.05) is 19.8 Å². The molecule has 0 unspecified atom stereocenters. The number of unbranched alkanes of at least 4 members (excludes halogenated alkanes) is 2. The number of nitrogens with zero attached hydrogens (tertiary/aromatic N) is 1. The second kappa shape index (κ2) is 8.38. The van der Waals surface area contributed by atoms with Crippen LogP contribution in [0.15, 0.2) is 0 Å². The van der Waals surface area contributed by atoms with Crippen LogP contribution in [0.25, 0.3) is 0 Å². The third-order valence-corrected chi connectivity index (χ3v) is 1.92. The smallest absolute Gasteiger partial charge is 0.251 e. The summed E-state index contributed by atoms with van der Waals surface area (Å²) < 4.78 is 24.1. The molecule has 2 nitrogen and oxygen atoms in total. The first-order chi connectivity index (χ1) is 6.20. The fourth-order valence-corrected chi connectivity index (χ4v) is 1.26. The fourth-order valence-electron chi connectivity index (χ4n) is 1.26. The van der Waals surface area contributed by atoms with Gasteiger partial charge >= 0.3 is 0 Å². The van der Waals surface area contributed by atoms with Crippen molar-refractivity contribution in [1.29, 1.82) is 0 Å². The Labute approximate surface area is 79.1 Å². The van der Waals surface area contributed by atoms with Gasteiger partial charge in [-0.3, -0.25) is 4.90 Å². The number of nitrogens with two attached hydrogens (primary N) is 1. The van der Waals surface area contributed by atoms with Crippen LogP contribution in [-0.2, 0) is 0 Å². The summed E-state index contributed by atoms with van der Waals surface area (Å²) in [6.45, 7) is 3.74. The molecule has 13 heavy (non-hydrogen) atoms. The predicted molar refractivity (Wildman–Crippen MR) is 51.0 cm³/mol. The van der Waals surface area contributed by atoms with Crippen molar-refractivity contribution in [3.8, 4) is 0 Å². The average molecular weight is 194 g/mol. The second-order valence-electron chi connectivity index (χ2n) is 3.19. The maximum Gasteiger partial charge on any atom is 0.251 e. The van der Waals surface area contributed by atoms with Crippen molar-refractivity contribution in [3.05, 3.63) is 0 Å². The molecule has 0 fully saturated rings. The molecular weight excluding hydrogens is 174 g/mol. The minimum Gasteiger partial charge on any atom is -0.329 e. The van der Waals surface area contributed by atoms with Crippen LogP contribution < -0.4 is 5.73 Å². The SMILES string of the molecule is CCCCCN(CCN)CC(F)F. The van der Waals surface area contributed by atoms with Gasteiger partial charge < -0.3 is 5.73 Å². The molecule has 0 amide bonds. The number of hydrogen-bond acceptors (Lipinski definition) is 2. The first-order valence-electron chi connectivity index (χ1n) is 4.91. The molecule has 0 aliphatic carbocycles. The highest BCUT2D eigenvalue weighted by molar-refractivity contribution is 4.59. The summed E-state index contributed by atoms with van der Waals surface area (Å²) in [5.74, 6) is 0. The van der Waals surface area contributed by atoms with Crippen LogP contribution in [0.3, 0.4) is 0 Å². The van der Waals surface area contributed by atoms with E-state index in [4.69, 9.17) is 5.73 Å². The van der Waals surface area contributed by atoms with E-state index in [1.54, 1.807) is 4.90 Å². The van der Waals surface area contributed by atoms with E-state index in [2.05, 4.69) is 6.92 Å². The second-order valence-corrected chi connectivity index (χ2v) is 3.19. The molecule has 0 aliphatic heterocycles. The average Bonchev–Trinajstić information content (AvgIpc) is 2.04. The van der Waals surface area contributed by atoms with E-state index >= 15 is 0 Å². The maximum absolute atomic E-state index is 12.0. The molecule has 80 valence electrons. The lowest BCUT2D eigenvalue weighted by molar-refractivity contribution is 0.0888. The molecule has 0 bridgehead atoms. The van der Waals surface area contributed by atoms with Gasteiger partial charge in [0.05, 0.1) is 6.54 Å². The Morgan fingerprint density at radius 3 is 2.38 bits per heavy atom. The van der Waals surface area contributed by atoms with Crippen molar-refractivity contribution in [2.75, 3.05) is 26.2 Å². The number of alkyl halides is 2. The van der Waals surface area contributed by atoms with Gasteiger partial charge in [-0.15, -0.1) is 0 Å². The minimum absolute atomic E-state index is 0.138. The quantitative estimate of drug-likeness (QED) is 0.596. The van der Waals surface area contributed by atoms with Crippen LogP contribution in [0, 0.1) is 0 Å². The van der Waals surface area contributed by atoms with Crippen LogP contribution in [-0.4, -0.2) is 37.5 Å².